The second-order valence-corrected chi connectivity index (χ2v) is 7.58. The van der Waals surface area contributed by atoms with E-state index >= 15 is 0 Å². The van der Waals surface area contributed by atoms with Gasteiger partial charge in [0.2, 0.25) is 5.91 Å². The predicted octanol–water partition coefficient (Wildman–Crippen LogP) is 2.47. The molecule has 1 N–H and O–H groups in total. The Hall–Kier alpha value is -2.77. The van der Waals surface area contributed by atoms with E-state index in [4.69, 9.17) is 27.9 Å². The molecule has 1 fully saturated rings. The van der Waals surface area contributed by atoms with Crippen LogP contribution in [0.3, 0.4) is 0 Å². The molecule has 1 aliphatic rings. The van der Waals surface area contributed by atoms with Crippen molar-refractivity contribution in [2.75, 3.05) is 39.3 Å². The molecule has 3 amide bonds. The third-order valence-electron chi connectivity index (χ3n) is 4.58. The van der Waals surface area contributed by atoms with Crippen LogP contribution in [0.15, 0.2) is 48.5 Å². The van der Waals surface area contributed by atoms with Gasteiger partial charge in [0.15, 0.2) is 6.61 Å². The van der Waals surface area contributed by atoms with E-state index in [1.165, 1.54) is 0 Å². The summed E-state index contributed by atoms with van der Waals surface area (Å²) >= 11 is 11.9. The van der Waals surface area contributed by atoms with Crippen LogP contribution < -0.4 is 10.1 Å². The summed E-state index contributed by atoms with van der Waals surface area (Å²) in [6.07, 6.45) is 0. The van der Waals surface area contributed by atoms with Crippen LogP contribution in [0.4, 0.5) is 0 Å². The number of amides is 3. The van der Waals surface area contributed by atoms with E-state index in [1.807, 2.05) is 18.2 Å². The van der Waals surface area contributed by atoms with Crippen molar-refractivity contribution in [2.45, 2.75) is 0 Å². The molecule has 0 spiro atoms. The summed E-state index contributed by atoms with van der Waals surface area (Å²) < 4.78 is 5.34. The molecular formula is C21H21Cl2N3O4. The number of piperazine rings is 1. The van der Waals surface area contributed by atoms with E-state index in [0.29, 0.717) is 47.5 Å². The lowest BCUT2D eigenvalue weighted by Crippen LogP contribution is -2.52. The molecule has 0 aromatic heterocycles. The van der Waals surface area contributed by atoms with Crippen LogP contribution in [0.25, 0.3) is 0 Å². The fraction of sp³-hybridized carbons (Fsp3) is 0.286. The van der Waals surface area contributed by atoms with E-state index in [9.17, 15) is 14.4 Å². The molecule has 3 rings (SSSR count). The lowest BCUT2D eigenvalue weighted by atomic mass is 10.2. The van der Waals surface area contributed by atoms with E-state index in [0.717, 1.165) is 0 Å². The number of para-hydroxylation sites is 1. The number of carbonyl (C=O) groups excluding carboxylic acids is 3. The molecule has 0 atom stereocenters. The molecule has 30 heavy (non-hydrogen) atoms. The standard InChI is InChI=1S/C21H21Cl2N3O4/c22-16-10-15(11-17(23)12-16)21(29)26-8-6-25(7-9-26)20(28)13-24-19(27)14-30-18-4-2-1-3-5-18/h1-5,10-12H,6-9,13-14H2,(H,24,27). The molecule has 0 saturated carbocycles. The van der Waals surface area contributed by atoms with Crippen LogP contribution in [0.5, 0.6) is 5.75 Å². The van der Waals surface area contributed by atoms with Crippen molar-refractivity contribution < 1.29 is 19.1 Å². The van der Waals surface area contributed by atoms with Gasteiger partial charge in [0, 0.05) is 41.8 Å². The zero-order valence-corrected chi connectivity index (χ0v) is 17.7. The fourth-order valence-electron chi connectivity index (χ4n) is 3.02. The lowest BCUT2D eigenvalue weighted by molar-refractivity contribution is -0.134. The number of nitrogens with one attached hydrogen (secondary N) is 1. The molecule has 1 saturated heterocycles. The Bertz CT molecular complexity index is 895. The van der Waals surface area contributed by atoms with Crippen molar-refractivity contribution in [2.24, 2.45) is 0 Å². The van der Waals surface area contributed by atoms with Gasteiger partial charge in [-0.25, -0.2) is 0 Å². The average molecular weight is 450 g/mol. The molecule has 7 nitrogen and oxygen atoms in total. The summed E-state index contributed by atoms with van der Waals surface area (Å²) in [5.74, 6) is -0.182. The van der Waals surface area contributed by atoms with Crippen molar-refractivity contribution in [3.8, 4) is 5.75 Å². The van der Waals surface area contributed by atoms with Crippen LogP contribution in [-0.4, -0.2) is 66.9 Å². The Morgan fingerprint density at radius 3 is 2.13 bits per heavy atom. The third kappa shape index (κ3) is 6.11. The molecule has 0 bridgehead atoms. The number of rotatable bonds is 6. The zero-order chi connectivity index (χ0) is 21.5. The molecule has 1 aliphatic heterocycles. The average Bonchev–Trinajstić information content (AvgIpc) is 2.75. The number of ether oxygens (including phenoxy) is 1. The second kappa shape index (κ2) is 10.3. The number of nitrogens with zero attached hydrogens (tertiary/aromatic N) is 2. The SMILES string of the molecule is O=C(COc1ccccc1)NCC(=O)N1CCN(C(=O)c2cc(Cl)cc(Cl)c2)CC1. The first-order valence-electron chi connectivity index (χ1n) is 9.40. The maximum atomic E-state index is 12.6. The van der Waals surface area contributed by atoms with Crippen molar-refractivity contribution in [3.63, 3.8) is 0 Å². The maximum absolute atomic E-state index is 12.6. The molecule has 158 valence electrons. The monoisotopic (exact) mass is 449 g/mol. The Labute approximate surface area is 184 Å². The topological polar surface area (TPSA) is 79.0 Å². The van der Waals surface area contributed by atoms with Gasteiger partial charge >= 0.3 is 0 Å². The van der Waals surface area contributed by atoms with Crippen molar-refractivity contribution in [1.29, 1.82) is 0 Å². The van der Waals surface area contributed by atoms with E-state index in [-0.39, 0.29) is 30.9 Å². The first-order chi connectivity index (χ1) is 14.4. The summed E-state index contributed by atoms with van der Waals surface area (Å²) in [4.78, 5) is 40.1. The highest BCUT2D eigenvalue weighted by Crippen LogP contribution is 2.20. The van der Waals surface area contributed by atoms with Gasteiger partial charge in [-0.05, 0) is 30.3 Å². The Morgan fingerprint density at radius 2 is 1.50 bits per heavy atom. The highest BCUT2D eigenvalue weighted by atomic mass is 35.5. The summed E-state index contributed by atoms with van der Waals surface area (Å²) in [7, 11) is 0. The molecule has 1 heterocycles. The number of hydrogen-bond acceptors (Lipinski definition) is 4. The van der Waals surface area contributed by atoms with Crippen molar-refractivity contribution in [3.05, 3.63) is 64.1 Å². The van der Waals surface area contributed by atoms with Gasteiger partial charge in [-0.1, -0.05) is 41.4 Å². The van der Waals surface area contributed by atoms with Crippen LogP contribution >= 0.6 is 23.2 Å². The van der Waals surface area contributed by atoms with Gasteiger partial charge in [-0.2, -0.15) is 0 Å². The van der Waals surface area contributed by atoms with E-state index < -0.39 is 0 Å². The molecule has 0 unspecified atom stereocenters. The van der Waals surface area contributed by atoms with Gasteiger partial charge in [-0.3, -0.25) is 14.4 Å². The quantitative estimate of drug-likeness (QED) is 0.734. The van der Waals surface area contributed by atoms with Crippen molar-refractivity contribution in [1.82, 2.24) is 15.1 Å². The largest absolute Gasteiger partial charge is 0.484 e. The van der Waals surface area contributed by atoms with Gasteiger partial charge in [0.05, 0.1) is 6.54 Å². The normalized spacial score (nSPS) is 13.7. The maximum Gasteiger partial charge on any atom is 0.258 e. The van der Waals surface area contributed by atoms with Crippen LogP contribution in [0.1, 0.15) is 10.4 Å². The highest BCUT2D eigenvalue weighted by Gasteiger charge is 2.25. The van der Waals surface area contributed by atoms with Gasteiger partial charge in [0.25, 0.3) is 11.8 Å². The van der Waals surface area contributed by atoms with Gasteiger partial charge < -0.3 is 19.9 Å². The first-order valence-corrected chi connectivity index (χ1v) is 10.2. The smallest absolute Gasteiger partial charge is 0.258 e. The minimum absolute atomic E-state index is 0.116. The minimum atomic E-state index is -0.376. The Morgan fingerprint density at radius 1 is 0.900 bits per heavy atom. The van der Waals surface area contributed by atoms with Crippen LogP contribution in [-0.2, 0) is 9.59 Å². The zero-order valence-electron chi connectivity index (χ0n) is 16.1. The number of hydrogen-bond donors (Lipinski definition) is 1. The van der Waals surface area contributed by atoms with Crippen LogP contribution in [0, 0.1) is 0 Å². The highest BCUT2D eigenvalue weighted by molar-refractivity contribution is 6.35. The third-order valence-corrected chi connectivity index (χ3v) is 5.02. The Balaban J connectivity index is 1.41. The number of carbonyl (C=O) groups is 3. The fourth-order valence-corrected chi connectivity index (χ4v) is 3.55. The van der Waals surface area contributed by atoms with E-state index in [1.54, 1.807) is 40.1 Å². The molecule has 2 aromatic rings. The summed E-state index contributed by atoms with van der Waals surface area (Å²) in [6.45, 7) is 1.26. The van der Waals surface area contributed by atoms with E-state index in [2.05, 4.69) is 5.32 Å². The molecule has 0 aliphatic carbocycles. The van der Waals surface area contributed by atoms with Gasteiger partial charge in [0.1, 0.15) is 5.75 Å². The predicted molar refractivity (Wildman–Crippen MR) is 114 cm³/mol. The van der Waals surface area contributed by atoms with Crippen molar-refractivity contribution >= 4 is 40.9 Å². The molecule has 0 radical (unpaired) electrons. The first kappa shape index (κ1) is 21.9. The lowest BCUT2D eigenvalue weighted by Gasteiger charge is -2.35. The molecular weight excluding hydrogens is 429 g/mol. The van der Waals surface area contributed by atoms with Crippen LogP contribution in [0.2, 0.25) is 10.0 Å². The minimum Gasteiger partial charge on any atom is -0.484 e. The second-order valence-electron chi connectivity index (χ2n) is 6.71. The number of benzene rings is 2. The number of halogens is 2. The summed E-state index contributed by atoms with van der Waals surface area (Å²) in [6, 6.07) is 13.7. The Kier molecular flexibility index (Phi) is 7.54. The molecule has 2 aromatic carbocycles. The summed E-state index contributed by atoms with van der Waals surface area (Å²) in [5.41, 5.74) is 0.415. The van der Waals surface area contributed by atoms with Gasteiger partial charge in [-0.15, -0.1) is 0 Å². The molecule has 9 heteroatoms. The summed E-state index contributed by atoms with van der Waals surface area (Å²) in [5, 5.41) is 3.35.